The molecule has 0 bridgehead atoms. The molecule has 1 aromatic rings. The Morgan fingerprint density at radius 1 is 1.33 bits per heavy atom. The van der Waals surface area contributed by atoms with Gasteiger partial charge in [0.2, 0.25) is 0 Å². The molecular weight excluding hydrogens is 152 g/mol. The summed E-state index contributed by atoms with van der Waals surface area (Å²) in [6.07, 6.45) is 0. The van der Waals surface area contributed by atoms with E-state index >= 15 is 0 Å². The van der Waals surface area contributed by atoms with E-state index in [1.54, 1.807) is 0 Å². The quantitative estimate of drug-likeness (QED) is 0.641. The van der Waals surface area contributed by atoms with Crippen molar-refractivity contribution in [2.45, 2.75) is 13.1 Å². The third-order valence-electron chi connectivity index (χ3n) is 2.01. The Bertz CT molecular complexity index is 295. The summed E-state index contributed by atoms with van der Waals surface area (Å²) in [4.78, 5) is 1.96. The lowest BCUT2D eigenvalue weighted by molar-refractivity contribution is 0.752. The molecule has 64 valence electrons. The predicted octanol–water partition coefficient (Wildman–Crippen LogP) is 0.146. The van der Waals surface area contributed by atoms with E-state index in [0.717, 1.165) is 24.6 Å². The van der Waals surface area contributed by atoms with Crippen LogP contribution in [0.1, 0.15) is 11.3 Å². The zero-order valence-electron chi connectivity index (χ0n) is 7.33. The van der Waals surface area contributed by atoms with Crippen LogP contribution in [0.3, 0.4) is 0 Å². The van der Waals surface area contributed by atoms with Crippen LogP contribution >= 0.6 is 0 Å². The lowest BCUT2D eigenvalue weighted by atomic mass is 10.2. The van der Waals surface area contributed by atoms with Gasteiger partial charge >= 0.3 is 0 Å². The Morgan fingerprint density at radius 3 is 2.92 bits per heavy atom. The monoisotopic (exact) mass is 164 g/mol. The molecule has 2 heterocycles. The van der Waals surface area contributed by atoms with Gasteiger partial charge < -0.3 is 10.2 Å². The standard InChI is InChI=1S/C8H12N4/c1-12(2)8-3-6-4-9-5-7(6)10-11-8/h3,9H,4-5H2,1-2H3. The van der Waals surface area contributed by atoms with Gasteiger partial charge in [0, 0.05) is 27.2 Å². The van der Waals surface area contributed by atoms with Gasteiger partial charge in [-0.2, -0.15) is 5.10 Å². The van der Waals surface area contributed by atoms with Crippen LogP contribution in [0.4, 0.5) is 5.82 Å². The maximum atomic E-state index is 4.13. The summed E-state index contributed by atoms with van der Waals surface area (Å²) in [7, 11) is 3.94. The molecule has 0 saturated heterocycles. The third kappa shape index (κ3) is 1.14. The zero-order valence-corrected chi connectivity index (χ0v) is 7.33. The summed E-state index contributed by atoms with van der Waals surface area (Å²) in [5.74, 6) is 0.928. The van der Waals surface area contributed by atoms with Crippen molar-refractivity contribution in [2.24, 2.45) is 0 Å². The van der Waals surface area contributed by atoms with Crippen LogP contribution in [0.2, 0.25) is 0 Å². The van der Waals surface area contributed by atoms with E-state index in [9.17, 15) is 0 Å². The molecule has 4 heteroatoms. The van der Waals surface area contributed by atoms with Crippen molar-refractivity contribution in [3.63, 3.8) is 0 Å². The SMILES string of the molecule is CN(C)c1cc2c(nn1)CNC2. The van der Waals surface area contributed by atoms with Crippen molar-refractivity contribution >= 4 is 5.82 Å². The summed E-state index contributed by atoms with van der Waals surface area (Å²) in [6, 6.07) is 2.09. The molecule has 4 nitrogen and oxygen atoms in total. The molecule has 2 rings (SSSR count). The van der Waals surface area contributed by atoms with Gasteiger partial charge in [-0.05, 0) is 11.6 Å². The highest BCUT2D eigenvalue weighted by Crippen LogP contribution is 2.15. The van der Waals surface area contributed by atoms with Crippen LogP contribution in [0.25, 0.3) is 0 Å². The van der Waals surface area contributed by atoms with Crippen molar-refractivity contribution in [1.29, 1.82) is 0 Å². The molecule has 1 N–H and O–H groups in total. The second-order valence-electron chi connectivity index (χ2n) is 3.17. The summed E-state index contributed by atoms with van der Waals surface area (Å²) < 4.78 is 0. The molecule has 0 saturated carbocycles. The summed E-state index contributed by atoms with van der Waals surface area (Å²) in [5, 5.41) is 11.4. The van der Waals surface area contributed by atoms with E-state index in [0.29, 0.717) is 0 Å². The highest BCUT2D eigenvalue weighted by atomic mass is 15.2. The zero-order chi connectivity index (χ0) is 8.55. The molecule has 0 aromatic carbocycles. The fourth-order valence-corrected chi connectivity index (χ4v) is 1.28. The smallest absolute Gasteiger partial charge is 0.151 e. The molecule has 1 aliphatic heterocycles. The molecule has 0 amide bonds. The molecule has 12 heavy (non-hydrogen) atoms. The minimum atomic E-state index is 0.857. The van der Waals surface area contributed by atoms with E-state index in [1.165, 1.54) is 5.56 Å². The van der Waals surface area contributed by atoms with E-state index in [4.69, 9.17) is 0 Å². The Balaban J connectivity index is 2.39. The largest absolute Gasteiger partial charge is 0.361 e. The summed E-state index contributed by atoms with van der Waals surface area (Å²) in [5.41, 5.74) is 2.36. The van der Waals surface area contributed by atoms with E-state index < -0.39 is 0 Å². The maximum absolute atomic E-state index is 4.13. The Hall–Kier alpha value is -1.16. The Kier molecular flexibility index (Phi) is 1.69. The topological polar surface area (TPSA) is 41.1 Å². The second kappa shape index (κ2) is 2.71. The number of rotatable bonds is 1. The Morgan fingerprint density at radius 2 is 2.17 bits per heavy atom. The number of hydrogen-bond donors (Lipinski definition) is 1. The van der Waals surface area contributed by atoms with Gasteiger partial charge in [0.15, 0.2) is 5.82 Å². The lowest BCUT2D eigenvalue weighted by Crippen LogP contribution is -2.12. The second-order valence-corrected chi connectivity index (χ2v) is 3.17. The number of hydrogen-bond acceptors (Lipinski definition) is 4. The number of nitrogens with zero attached hydrogens (tertiary/aromatic N) is 3. The van der Waals surface area contributed by atoms with E-state index in [2.05, 4.69) is 21.6 Å². The van der Waals surface area contributed by atoms with Gasteiger partial charge in [0.05, 0.1) is 5.69 Å². The van der Waals surface area contributed by atoms with Gasteiger partial charge in [0.1, 0.15) is 0 Å². The van der Waals surface area contributed by atoms with Crippen LogP contribution in [-0.4, -0.2) is 24.3 Å². The first-order valence-electron chi connectivity index (χ1n) is 4.01. The number of aromatic nitrogens is 2. The molecule has 0 radical (unpaired) electrons. The molecule has 0 fully saturated rings. The summed E-state index contributed by atoms with van der Waals surface area (Å²) >= 11 is 0. The number of fused-ring (bicyclic) bond motifs is 1. The van der Waals surface area contributed by atoms with Crippen molar-refractivity contribution in [3.05, 3.63) is 17.3 Å². The van der Waals surface area contributed by atoms with Gasteiger partial charge in [-0.3, -0.25) is 0 Å². The fourth-order valence-electron chi connectivity index (χ4n) is 1.28. The van der Waals surface area contributed by atoms with Crippen molar-refractivity contribution < 1.29 is 0 Å². The minimum absolute atomic E-state index is 0.857. The Labute approximate surface area is 71.6 Å². The van der Waals surface area contributed by atoms with Crippen LogP contribution < -0.4 is 10.2 Å². The normalized spacial score (nSPS) is 14.5. The molecule has 0 unspecified atom stereocenters. The van der Waals surface area contributed by atoms with Gasteiger partial charge in [-0.1, -0.05) is 0 Å². The average molecular weight is 164 g/mol. The van der Waals surface area contributed by atoms with E-state index in [1.807, 2.05) is 19.0 Å². The highest BCUT2D eigenvalue weighted by Gasteiger charge is 2.12. The van der Waals surface area contributed by atoms with Crippen LogP contribution in [0.15, 0.2) is 6.07 Å². The first-order valence-corrected chi connectivity index (χ1v) is 4.01. The molecule has 1 aromatic heterocycles. The molecule has 0 atom stereocenters. The lowest BCUT2D eigenvalue weighted by Gasteiger charge is -2.10. The highest BCUT2D eigenvalue weighted by molar-refractivity contribution is 5.40. The first kappa shape index (κ1) is 7.49. The molecule has 0 aliphatic carbocycles. The van der Waals surface area contributed by atoms with E-state index in [-0.39, 0.29) is 0 Å². The number of nitrogens with one attached hydrogen (secondary N) is 1. The molecular formula is C8H12N4. The third-order valence-corrected chi connectivity index (χ3v) is 2.01. The van der Waals surface area contributed by atoms with Crippen LogP contribution in [0, 0.1) is 0 Å². The van der Waals surface area contributed by atoms with Crippen LogP contribution in [0.5, 0.6) is 0 Å². The van der Waals surface area contributed by atoms with Crippen LogP contribution in [-0.2, 0) is 13.1 Å². The van der Waals surface area contributed by atoms with Crippen molar-refractivity contribution in [2.75, 3.05) is 19.0 Å². The van der Waals surface area contributed by atoms with Crippen molar-refractivity contribution in [1.82, 2.24) is 15.5 Å². The summed E-state index contributed by atoms with van der Waals surface area (Å²) in [6.45, 7) is 1.78. The van der Waals surface area contributed by atoms with Crippen molar-refractivity contribution in [3.8, 4) is 0 Å². The first-order chi connectivity index (χ1) is 5.77. The minimum Gasteiger partial charge on any atom is -0.361 e. The average Bonchev–Trinajstić information content (AvgIpc) is 2.49. The number of anilines is 1. The van der Waals surface area contributed by atoms with Gasteiger partial charge in [-0.25, -0.2) is 0 Å². The van der Waals surface area contributed by atoms with Gasteiger partial charge in [0.25, 0.3) is 0 Å². The molecule has 0 spiro atoms. The predicted molar refractivity (Wildman–Crippen MR) is 46.9 cm³/mol. The molecule has 1 aliphatic rings. The maximum Gasteiger partial charge on any atom is 0.151 e. The van der Waals surface area contributed by atoms with Gasteiger partial charge in [-0.15, -0.1) is 5.10 Å². The fraction of sp³-hybridized carbons (Fsp3) is 0.500.